The smallest absolute Gasteiger partial charge is 0.303 e. The van der Waals surface area contributed by atoms with E-state index in [-0.39, 0.29) is 18.2 Å². The van der Waals surface area contributed by atoms with Crippen molar-refractivity contribution in [1.29, 1.82) is 0 Å². The van der Waals surface area contributed by atoms with Gasteiger partial charge in [0.15, 0.2) is 0 Å². The minimum atomic E-state index is -0.852. The quantitative estimate of drug-likeness (QED) is 0.769. The van der Waals surface area contributed by atoms with E-state index < -0.39 is 5.97 Å². The van der Waals surface area contributed by atoms with Gasteiger partial charge in [-0.25, -0.2) is 0 Å². The third-order valence-electron chi connectivity index (χ3n) is 2.97. The van der Waals surface area contributed by atoms with Gasteiger partial charge in [-0.3, -0.25) is 9.59 Å². The third-order valence-corrected chi connectivity index (χ3v) is 2.97. The molecule has 0 saturated carbocycles. The van der Waals surface area contributed by atoms with Gasteiger partial charge in [-0.1, -0.05) is 13.0 Å². The molecule has 1 aromatic heterocycles. The second-order valence-electron chi connectivity index (χ2n) is 4.66. The van der Waals surface area contributed by atoms with Crippen molar-refractivity contribution in [2.75, 3.05) is 6.54 Å². The van der Waals surface area contributed by atoms with Crippen LogP contribution in [0.15, 0.2) is 30.5 Å². The third kappa shape index (κ3) is 3.13. The summed E-state index contributed by atoms with van der Waals surface area (Å²) in [5, 5.41) is 12.3. The molecule has 0 bridgehead atoms. The molecule has 2 rings (SSSR count). The maximum Gasteiger partial charge on any atom is 0.303 e. The van der Waals surface area contributed by atoms with Crippen LogP contribution in [0.4, 0.5) is 0 Å². The van der Waals surface area contributed by atoms with Gasteiger partial charge in [-0.05, 0) is 24.1 Å². The van der Waals surface area contributed by atoms with Crippen LogP contribution in [0.1, 0.15) is 23.7 Å². The number of aliphatic carboxylic acids is 1. The van der Waals surface area contributed by atoms with Gasteiger partial charge >= 0.3 is 5.97 Å². The summed E-state index contributed by atoms with van der Waals surface area (Å²) in [6, 6.07) is 7.33. The molecule has 0 radical (unpaired) electrons. The maximum atomic E-state index is 12.1. The molecule has 5 heteroatoms. The molecule has 1 amide bonds. The number of carbonyl (C=O) groups is 2. The van der Waals surface area contributed by atoms with Gasteiger partial charge in [0.2, 0.25) is 0 Å². The Morgan fingerprint density at radius 2 is 2.16 bits per heavy atom. The van der Waals surface area contributed by atoms with Crippen molar-refractivity contribution >= 4 is 22.8 Å². The topological polar surface area (TPSA) is 82.2 Å². The van der Waals surface area contributed by atoms with Crippen LogP contribution < -0.4 is 5.32 Å². The molecular weight excluding hydrogens is 244 g/mol. The first-order valence-electron chi connectivity index (χ1n) is 6.14. The first kappa shape index (κ1) is 13.1. The zero-order valence-corrected chi connectivity index (χ0v) is 10.6. The van der Waals surface area contributed by atoms with E-state index in [0.717, 1.165) is 10.9 Å². The van der Waals surface area contributed by atoms with Gasteiger partial charge in [0.05, 0.1) is 0 Å². The Hall–Kier alpha value is -2.30. The Labute approximate surface area is 110 Å². The van der Waals surface area contributed by atoms with Crippen LogP contribution in [0.3, 0.4) is 0 Å². The lowest BCUT2D eigenvalue weighted by Crippen LogP contribution is -2.29. The lowest BCUT2D eigenvalue weighted by atomic mass is 10.1. The lowest BCUT2D eigenvalue weighted by molar-refractivity contribution is -0.137. The predicted octanol–water partition coefficient (Wildman–Crippen LogP) is 2.01. The van der Waals surface area contributed by atoms with E-state index in [1.54, 1.807) is 19.2 Å². The molecule has 1 aromatic carbocycles. The summed E-state index contributed by atoms with van der Waals surface area (Å²) in [5.74, 6) is -1.12. The largest absolute Gasteiger partial charge is 0.481 e. The molecule has 1 unspecified atom stereocenters. The lowest BCUT2D eigenvalue weighted by Gasteiger charge is -2.10. The first-order valence-corrected chi connectivity index (χ1v) is 6.14. The van der Waals surface area contributed by atoms with Crippen molar-refractivity contribution in [3.63, 3.8) is 0 Å². The Morgan fingerprint density at radius 3 is 2.89 bits per heavy atom. The standard InChI is InChI=1S/C14H16N2O3/c1-9(7-13(17)18)8-16-14(19)11-3-2-4-12-10(11)5-6-15-12/h2-6,9,15H,7-8H2,1H3,(H,16,19)(H,17,18). The van der Waals surface area contributed by atoms with Gasteiger partial charge in [0.25, 0.3) is 5.91 Å². The Morgan fingerprint density at radius 1 is 1.37 bits per heavy atom. The summed E-state index contributed by atoms with van der Waals surface area (Å²) in [6.45, 7) is 2.15. The highest BCUT2D eigenvalue weighted by Crippen LogP contribution is 2.17. The molecule has 19 heavy (non-hydrogen) atoms. The molecule has 0 aliphatic heterocycles. The van der Waals surface area contributed by atoms with Gasteiger partial charge in [-0.15, -0.1) is 0 Å². The highest BCUT2D eigenvalue weighted by atomic mass is 16.4. The Kier molecular flexibility index (Phi) is 3.85. The number of fused-ring (bicyclic) bond motifs is 1. The number of aromatic nitrogens is 1. The number of nitrogens with one attached hydrogen (secondary N) is 2. The van der Waals surface area contributed by atoms with Gasteiger partial charge in [-0.2, -0.15) is 0 Å². The van der Waals surface area contributed by atoms with E-state index in [0.29, 0.717) is 12.1 Å². The summed E-state index contributed by atoms with van der Waals surface area (Å²) in [5.41, 5.74) is 1.51. The summed E-state index contributed by atoms with van der Waals surface area (Å²) >= 11 is 0. The number of carboxylic acids is 1. The number of aromatic amines is 1. The molecule has 1 atom stereocenters. The summed E-state index contributed by atoms with van der Waals surface area (Å²) in [4.78, 5) is 25.7. The normalized spacial score (nSPS) is 12.3. The summed E-state index contributed by atoms with van der Waals surface area (Å²) < 4.78 is 0. The summed E-state index contributed by atoms with van der Waals surface area (Å²) in [7, 11) is 0. The predicted molar refractivity (Wildman–Crippen MR) is 72.0 cm³/mol. The van der Waals surface area contributed by atoms with E-state index >= 15 is 0 Å². The van der Waals surface area contributed by atoms with Crippen LogP contribution in [0.5, 0.6) is 0 Å². The summed E-state index contributed by atoms with van der Waals surface area (Å²) in [6.07, 6.45) is 1.84. The van der Waals surface area contributed by atoms with E-state index in [1.165, 1.54) is 0 Å². The van der Waals surface area contributed by atoms with Crippen molar-refractivity contribution in [1.82, 2.24) is 10.3 Å². The van der Waals surface area contributed by atoms with E-state index in [4.69, 9.17) is 5.11 Å². The fourth-order valence-electron chi connectivity index (χ4n) is 2.02. The van der Waals surface area contributed by atoms with Crippen molar-refractivity contribution < 1.29 is 14.7 Å². The zero-order valence-electron chi connectivity index (χ0n) is 10.6. The molecule has 0 aliphatic rings. The zero-order chi connectivity index (χ0) is 13.8. The minimum Gasteiger partial charge on any atom is -0.481 e. The molecular formula is C14H16N2O3. The number of hydrogen-bond acceptors (Lipinski definition) is 2. The second-order valence-corrected chi connectivity index (χ2v) is 4.66. The number of carbonyl (C=O) groups excluding carboxylic acids is 1. The monoisotopic (exact) mass is 260 g/mol. The number of H-pyrrole nitrogens is 1. The molecule has 100 valence electrons. The van der Waals surface area contributed by atoms with E-state index in [9.17, 15) is 9.59 Å². The number of rotatable bonds is 5. The average molecular weight is 260 g/mol. The molecule has 0 saturated heterocycles. The molecule has 0 spiro atoms. The number of amides is 1. The SMILES string of the molecule is CC(CNC(=O)c1cccc2[nH]ccc12)CC(=O)O. The fourth-order valence-corrected chi connectivity index (χ4v) is 2.02. The van der Waals surface area contributed by atoms with Gasteiger partial charge in [0, 0.05) is 35.6 Å². The molecule has 5 nitrogen and oxygen atoms in total. The van der Waals surface area contributed by atoms with Crippen LogP contribution in [0.2, 0.25) is 0 Å². The van der Waals surface area contributed by atoms with Crippen LogP contribution in [0.25, 0.3) is 10.9 Å². The average Bonchev–Trinajstić information content (AvgIpc) is 2.83. The molecule has 1 heterocycles. The van der Waals surface area contributed by atoms with Crippen molar-refractivity contribution in [2.45, 2.75) is 13.3 Å². The fraction of sp³-hybridized carbons (Fsp3) is 0.286. The van der Waals surface area contributed by atoms with Crippen molar-refractivity contribution in [2.24, 2.45) is 5.92 Å². The Bertz CT molecular complexity index is 604. The highest BCUT2D eigenvalue weighted by molar-refractivity contribution is 6.06. The Balaban J connectivity index is 2.04. The van der Waals surface area contributed by atoms with Gasteiger partial charge in [0.1, 0.15) is 0 Å². The van der Waals surface area contributed by atoms with E-state index in [1.807, 2.05) is 18.2 Å². The number of carboxylic acid groups (broad SMARTS) is 1. The van der Waals surface area contributed by atoms with Crippen LogP contribution in [-0.4, -0.2) is 28.5 Å². The maximum absolute atomic E-state index is 12.1. The van der Waals surface area contributed by atoms with Crippen molar-refractivity contribution in [3.8, 4) is 0 Å². The van der Waals surface area contributed by atoms with Crippen LogP contribution in [0, 0.1) is 5.92 Å². The first-order chi connectivity index (χ1) is 9.08. The molecule has 0 fully saturated rings. The molecule has 2 aromatic rings. The molecule has 0 aliphatic carbocycles. The van der Waals surface area contributed by atoms with Crippen LogP contribution >= 0.6 is 0 Å². The minimum absolute atomic E-state index is 0.0502. The molecule has 3 N–H and O–H groups in total. The number of hydrogen-bond donors (Lipinski definition) is 3. The van der Waals surface area contributed by atoms with Crippen molar-refractivity contribution in [3.05, 3.63) is 36.0 Å². The van der Waals surface area contributed by atoms with Gasteiger partial charge < -0.3 is 15.4 Å². The second kappa shape index (κ2) is 5.56. The highest BCUT2D eigenvalue weighted by Gasteiger charge is 2.13. The number of benzene rings is 1. The van der Waals surface area contributed by atoms with E-state index in [2.05, 4.69) is 10.3 Å². The van der Waals surface area contributed by atoms with Crippen LogP contribution in [-0.2, 0) is 4.79 Å².